The molecule has 0 aromatic carbocycles. The topological polar surface area (TPSA) is 66.4 Å². The van der Waals surface area contributed by atoms with Gasteiger partial charge >= 0.3 is 5.97 Å². The van der Waals surface area contributed by atoms with Crippen LogP contribution in [0.25, 0.3) is 0 Å². The van der Waals surface area contributed by atoms with E-state index in [0.717, 1.165) is 25.7 Å². The zero-order valence-corrected chi connectivity index (χ0v) is 13.8. The number of nitrogens with one attached hydrogen (secondary N) is 1. The van der Waals surface area contributed by atoms with Crippen molar-refractivity contribution in [3.05, 3.63) is 0 Å². The Balaban J connectivity index is 2.46. The Morgan fingerprint density at radius 1 is 1.10 bits per heavy atom. The average molecular weight is 297 g/mol. The van der Waals surface area contributed by atoms with E-state index in [1.165, 1.54) is 19.3 Å². The molecular formula is C17H31NO3. The Hall–Kier alpha value is -1.06. The van der Waals surface area contributed by atoms with Gasteiger partial charge in [0.25, 0.3) is 0 Å². The van der Waals surface area contributed by atoms with Crippen molar-refractivity contribution >= 4 is 11.9 Å². The van der Waals surface area contributed by atoms with Gasteiger partial charge in [-0.3, -0.25) is 9.59 Å². The van der Waals surface area contributed by atoms with Crippen molar-refractivity contribution in [1.82, 2.24) is 5.32 Å². The highest BCUT2D eigenvalue weighted by molar-refractivity contribution is 5.79. The first-order chi connectivity index (χ1) is 9.79. The van der Waals surface area contributed by atoms with Crippen LogP contribution in [0.3, 0.4) is 0 Å². The molecule has 1 fully saturated rings. The van der Waals surface area contributed by atoms with Crippen LogP contribution < -0.4 is 5.32 Å². The fourth-order valence-electron chi connectivity index (χ4n) is 3.07. The van der Waals surface area contributed by atoms with Crippen LogP contribution in [0, 0.1) is 17.3 Å². The van der Waals surface area contributed by atoms with Gasteiger partial charge in [-0.1, -0.05) is 52.9 Å². The third-order valence-corrected chi connectivity index (χ3v) is 4.21. The fourth-order valence-corrected chi connectivity index (χ4v) is 3.07. The van der Waals surface area contributed by atoms with Gasteiger partial charge in [-0.25, -0.2) is 0 Å². The number of carbonyl (C=O) groups is 2. The van der Waals surface area contributed by atoms with Gasteiger partial charge in [-0.15, -0.1) is 0 Å². The molecule has 2 N–H and O–H groups in total. The van der Waals surface area contributed by atoms with Crippen molar-refractivity contribution in [1.29, 1.82) is 0 Å². The van der Waals surface area contributed by atoms with Crippen LogP contribution in [-0.2, 0) is 9.59 Å². The molecule has 1 amide bonds. The van der Waals surface area contributed by atoms with Crippen LogP contribution in [0.4, 0.5) is 0 Å². The number of aliphatic carboxylic acids is 1. The molecule has 1 aliphatic rings. The fraction of sp³-hybridized carbons (Fsp3) is 0.882. The molecule has 1 aliphatic carbocycles. The van der Waals surface area contributed by atoms with Gasteiger partial charge in [0.05, 0.1) is 5.92 Å². The monoisotopic (exact) mass is 297 g/mol. The first-order valence-electron chi connectivity index (χ1n) is 8.30. The lowest BCUT2D eigenvalue weighted by Crippen LogP contribution is -2.38. The SMILES string of the molecule is CC(C)(C)CC(CNC(=O)C1CCCCCCC1)C(=O)O. The van der Waals surface area contributed by atoms with Crippen LogP contribution in [0.2, 0.25) is 0 Å². The number of carboxylic acids is 1. The lowest BCUT2D eigenvalue weighted by atomic mass is 9.84. The normalized spacial score (nSPS) is 19.4. The highest BCUT2D eigenvalue weighted by atomic mass is 16.4. The second kappa shape index (κ2) is 8.40. The quantitative estimate of drug-likeness (QED) is 0.814. The molecule has 0 bridgehead atoms. The maximum absolute atomic E-state index is 12.3. The molecule has 1 unspecified atom stereocenters. The number of carbonyl (C=O) groups excluding carboxylic acids is 1. The average Bonchev–Trinajstić information content (AvgIpc) is 2.32. The van der Waals surface area contributed by atoms with Crippen LogP contribution in [0.15, 0.2) is 0 Å². The lowest BCUT2D eigenvalue weighted by Gasteiger charge is -2.25. The molecule has 122 valence electrons. The molecule has 0 heterocycles. The summed E-state index contributed by atoms with van der Waals surface area (Å²) in [6, 6.07) is 0. The second-order valence-corrected chi connectivity index (χ2v) is 7.59. The van der Waals surface area contributed by atoms with E-state index in [4.69, 9.17) is 0 Å². The summed E-state index contributed by atoms with van der Waals surface area (Å²) in [5.41, 5.74) is -0.0476. The van der Waals surface area contributed by atoms with Crippen molar-refractivity contribution in [2.24, 2.45) is 17.3 Å². The zero-order chi connectivity index (χ0) is 15.9. The Morgan fingerprint density at radius 3 is 2.10 bits per heavy atom. The molecule has 21 heavy (non-hydrogen) atoms. The molecule has 0 aliphatic heterocycles. The summed E-state index contributed by atoms with van der Waals surface area (Å²) >= 11 is 0. The minimum Gasteiger partial charge on any atom is -0.481 e. The van der Waals surface area contributed by atoms with Crippen molar-refractivity contribution in [2.45, 2.75) is 72.1 Å². The molecule has 0 radical (unpaired) electrons. The van der Waals surface area contributed by atoms with Gasteiger partial charge < -0.3 is 10.4 Å². The Bertz CT molecular complexity index is 338. The van der Waals surface area contributed by atoms with E-state index in [0.29, 0.717) is 6.42 Å². The highest BCUT2D eigenvalue weighted by Gasteiger charge is 2.26. The predicted molar refractivity (Wildman–Crippen MR) is 84.0 cm³/mol. The zero-order valence-electron chi connectivity index (χ0n) is 13.8. The molecule has 4 heteroatoms. The van der Waals surface area contributed by atoms with E-state index >= 15 is 0 Å². The standard InChI is InChI=1S/C17H31NO3/c1-17(2,3)11-14(16(20)21)12-18-15(19)13-9-7-5-4-6-8-10-13/h13-14H,4-12H2,1-3H3,(H,18,19)(H,20,21). The molecule has 0 aromatic rings. The summed E-state index contributed by atoms with van der Waals surface area (Å²) in [6.45, 7) is 6.33. The third-order valence-electron chi connectivity index (χ3n) is 4.21. The van der Waals surface area contributed by atoms with Crippen LogP contribution >= 0.6 is 0 Å². The maximum atomic E-state index is 12.3. The molecule has 0 saturated heterocycles. The lowest BCUT2D eigenvalue weighted by molar-refractivity contribution is -0.142. The van der Waals surface area contributed by atoms with Crippen molar-refractivity contribution in [2.75, 3.05) is 6.54 Å². The molecule has 1 atom stereocenters. The largest absolute Gasteiger partial charge is 0.481 e. The van der Waals surface area contributed by atoms with Gasteiger partial charge in [0.1, 0.15) is 0 Å². The summed E-state index contributed by atoms with van der Waals surface area (Å²) in [4.78, 5) is 23.6. The van der Waals surface area contributed by atoms with Crippen LogP contribution in [-0.4, -0.2) is 23.5 Å². The predicted octanol–water partition coefficient (Wildman–Crippen LogP) is 3.60. The van der Waals surface area contributed by atoms with Crippen molar-refractivity contribution in [3.63, 3.8) is 0 Å². The maximum Gasteiger partial charge on any atom is 0.308 e. The highest BCUT2D eigenvalue weighted by Crippen LogP contribution is 2.25. The molecule has 0 aromatic heterocycles. The first-order valence-corrected chi connectivity index (χ1v) is 8.30. The van der Waals surface area contributed by atoms with E-state index < -0.39 is 11.9 Å². The number of rotatable bonds is 5. The third kappa shape index (κ3) is 7.49. The number of amides is 1. The summed E-state index contributed by atoms with van der Waals surface area (Å²) < 4.78 is 0. The summed E-state index contributed by atoms with van der Waals surface area (Å²) in [7, 11) is 0. The van der Waals surface area contributed by atoms with Crippen LogP contribution in [0.5, 0.6) is 0 Å². The van der Waals surface area contributed by atoms with Gasteiger partial charge in [0.15, 0.2) is 0 Å². The Kier molecular flexibility index (Phi) is 7.20. The van der Waals surface area contributed by atoms with E-state index in [9.17, 15) is 14.7 Å². The number of carboxylic acid groups (broad SMARTS) is 1. The second-order valence-electron chi connectivity index (χ2n) is 7.59. The van der Waals surface area contributed by atoms with E-state index in [1.54, 1.807) is 0 Å². The molecular weight excluding hydrogens is 266 g/mol. The molecule has 1 rings (SSSR count). The summed E-state index contributed by atoms with van der Waals surface area (Å²) in [6.07, 6.45) is 8.40. The Labute approximate surface area is 128 Å². The van der Waals surface area contributed by atoms with Crippen LogP contribution in [0.1, 0.15) is 72.1 Å². The van der Waals surface area contributed by atoms with E-state index in [-0.39, 0.29) is 23.8 Å². The van der Waals surface area contributed by atoms with Crippen molar-refractivity contribution < 1.29 is 14.7 Å². The van der Waals surface area contributed by atoms with E-state index in [2.05, 4.69) is 5.32 Å². The molecule has 1 saturated carbocycles. The minimum absolute atomic E-state index is 0.0476. The minimum atomic E-state index is -0.817. The number of hydrogen-bond donors (Lipinski definition) is 2. The van der Waals surface area contributed by atoms with Gasteiger partial charge in [-0.2, -0.15) is 0 Å². The Morgan fingerprint density at radius 2 is 1.62 bits per heavy atom. The first kappa shape index (κ1) is 18.0. The number of hydrogen-bond acceptors (Lipinski definition) is 2. The summed E-state index contributed by atoms with van der Waals surface area (Å²) in [5, 5.41) is 12.2. The van der Waals surface area contributed by atoms with E-state index in [1.807, 2.05) is 20.8 Å². The smallest absolute Gasteiger partial charge is 0.308 e. The van der Waals surface area contributed by atoms with Gasteiger partial charge in [-0.05, 0) is 24.7 Å². The van der Waals surface area contributed by atoms with Gasteiger partial charge in [0.2, 0.25) is 5.91 Å². The van der Waals surface area contributed by atoms with Gasteiger partial charge in [0, 0.05) is 12.5 Å². The summed E-state index contributed by atoms with van der Waals surface area (Å²) in [5.74, 6) is -1.18. The van der Waals surface area contributed by atoms with Crippen molar-refractivity contribution in [3.8, 4) is 0 Å². The molecule has 4 nitrogen and oxygen atoms in total. The molecule has 0 spiro atoms.